The van der Waals surface area contributed by atoms with Gasteiger partial charge in [0.05, 0.1) is 0 Å². The van der Waals surface area contributed by atoms with Crippen molar-refractivity contribution in [2.75, 3.05) is 25.1 Å². The third kappa shape index (κ3) is 7.60. The van der Waals surface area contributed by atoms with Crippen LogP contribution in [0.3, 0.4) is 0 Å². The molecule has 1 rings (SSSR count). The monoisotopic (exact) mass is 301 g/mol. The fourth-order valence-corrected chi connectivity index (χ4v) is 2.90. The summed E-state index contributed by atoms with van der Waals surface area (Å²) in [6, 6.07) is 6.53. The SMILES string of the molecule is CCNCC(CCCS(C)(=O)=O)Cc1ccc(F)cc1. The highest BCUT2D eigenvalue weighted by Crippen LogP contribution is 2.15. The summed E-state index contributed by atoms with van der Waals surface area (Å²) in [6.45, 7) is 3.80. The average Bonchev–Trinajstić information content (AvgIpc) is 2.37. The van der Waals surface area contributed by atoms with E-state index >= 15 is 0 Å². The van der Waals surface area contributed by atoms with Crippen molar-refractivity contribution in [2.45, 2.75) is 26.2 Å². The highest BCUT2D eigenvalue weighted by molar-refractivity contribution is 7.90. The number of hydrogen-bond acceptors (Lipinski definition) is 3. The average molecular weight is 301 g/mol. The first-order chi connectivity index (χ1) is 9.40. The Morgan fingerprint density at radius 1 is 1.25 bits per heavy atom. The summed E-state index contributed by atoms with van der Waals surface area (Å²) in [5.74, 6) is 0.384. The van der Waals surface area contributed by atoms with E-state index in [0.717, 1.165) is 31.5 Å². The maximum Gasteiger partial charge on any atom is 0.147 e. The van der Waals surface area contributed by atoms with E-state index in [1.54, 1.807) is 12.1 Å². The van der Waals surface area contributed by atoms with Crippen molar-refractivity contribution >= 4 is 9.84 Å². The Bertz CT molecular complexity index is 485. The van der Waals surface area contributed by atoms with Crippen LogP contribution in [0.1, 0.15) is 25.3 Å². The Balaban J connectivity index is 2.52. The Hall–Kier alpha value is -0.940. The molecule has 1 atom stereocenters. The molecule has 1 N–H and O–H groups in total. The summed E-state index contributed by atoms with van der Waals surface area (Å²) >= 11 is 0. The second-order valence-corrected chi connectivity index (χ2v) is 7.54. The van der Waals surface area contributed by atoms with Gasteiger partial charge < -0.3 is 5.32 Å². The predicted octanol–water partition coefficient (Wildman–Crippen LogP) is 2.42. The Kier molecular flexibility index (Phi) is 7.16. The van der Waals surface area contributed by atoms with E-state index in [1.165, 1.54) is 18.4 Å². The molecule has 0 saturated heterocycles. The second-order valence-electron chi connectivity index (χ2n) is 5.28. The lowest BCUT2D eigenvalue weighted by molar-refractivity contribution is 0.443. The largest absolute Gasteiger partial charge is 0.317 e. The van der Waals surface area contributed by atoms with E-state index < -0.39 is 9.84 Å². The molecule has 1 aromatic carbocycles. The Morgan fingerprint density at radius 2 is 1.90 bits per heavy atom. The highest BCUT2D eigenvalue weighted by Gasteiger charge is 2.11. The second kappa shape index (κ2) is 8.37. The molecule has 0 radical (unpaired) electrons. The lowest BCUT2D eigenvalue weighted by atomic mass is 9.95. The van der Waals surface area contributed by atoms with Crippen molar-refractivity contribution in [3.05, 3.63) is 35.6 Å². The zero-order valence-corrected chi connectivity index (χ0v) is 13.0. The van der Waals surface area contributed by atoms with E-state index in [1.807, 2.05) is 6.92 Å². The normalized spacial score (nSPS) is 13.3. The van der Waals surface area contributed by atoms with Gasteiger partial charge in [-0.3, -0.25) is 0 Å². The van der Waals surface area contributed by atoms with Gasteiger partial charge in [0.25, 0.3) is 0 Å². The molecule has 0 spiro atoms. The first-order valence-corrected chi connectivity index (χ1v) is 9.09. The highest BCUT2D eigenvalue weighted by atomic mass is 32.2. The van der Waals surface area contributed by atoms with Crippen LogP contribution in [-0.2, 0) is 16.3 Å². The lowest BCUT2D eigenvalue weighted by Gasteiger charge is -2.17. The molecule has 3 nitrogen and oxygen atoms in total. The smallest absolute Gasteiger partial charge is 0.147 e. The fraction of sp³-hybridized carbons (Fsp3) is 0.600. The van der Waals surface area contributed by atoms with Crippen LogP contribution >= 0.6 is 0 Å². The van der Waals surface area contributed by atoms with Gasteiger partial charge in [0.15, 0.2) is 0 Å². The van der Waals surface area contributed by atoms with Gasteiger partial charge >= 0.3 is 0 Å². The molecule has 0 saturated carbocycles. The fourth-order valence-electron chi connectivity index (χ4n) is 2.21. The van der Waals surface area contributed by atoms with Crippen LogP contribution in [0.2, 0.25) is 0 Å². The lowest BCUT2D eigenvalue weighted by Crippen LogP contribution is -2.24. The van der Waals surface area contributed by atoms with E-state index in [-0.39, 0.29) is 11.6 Å². The van der Waals surface area contributed by atoms with Crippen LogP contribution in [0, 0.1) is 11.7 Å². The predicted molar refractivity (Wildman–Crippen MR) is 81.1 cm³/mol. The number of rotatable bonds is 9. The Morgan fingerprint density at radius 3 is 2.45 bits per heavy atom. The molecule has 0 bridgehead atoms. The van der Waals surface area contributed by atoms with Gasteiger partial charge in [0.1, 0.15) is 15.7 Å². The molecule has 0 aliphatic rings. The van der Waals surface area contributed by atoms with Gasteiger partial charge in [-0.2, -0.15) is 0 Å². The molecule has 0 amide bonds. The van der Waals surface area contributed by atoms with E-state index in [4.69, 9.17) is 0 Å². The van der Waals surface area contributed by atoms with Crippen LogP contribution in [0.25, 0.3) is 0 Å². The first kappa shape index (κ1) is 17.1. The number of benzene rings is 1. The van der Waals surface area contributed by atoms with Crippen LogP contribution in [-0.4, -0.2) is 33.5 Å². The maximum absolute atomic E-state index is 12.9. The summed E-state index contributed by atoms with van der Waals surface area (Å²) < 4.78 is 35.2. The van der Waals surface area contributed by atoms with Crippen molar-refractivity contribution in [1.82, 2.24) is 5.32 Å². The quantitative estimate of drug-likeness (QED) is 0.762. The molecule has 1 unspecified atom stereocenters. The first-order valence-electron chi connectivity index (χ1n) is 7.03. The molecule has 0 heterocycles. The van der Waals surface area contributed by atoms with Gasteiger partial charge in [-0.05, 0) is 56.0 Å². The van der Waals surface area contributed by atoms with Gasteiger partial charge in [0.2, 0.25) is 0 Å². The zero-order valence-electron chi connectivity index (χ0n) is 12.2. The number of hydrogen-bond donors (Lipinski definition) is 1. The molecular weight excluding hydrogens is 277 g/mol. The van der Waals surface area contributed by atoms with Crippen LogP contribution in [0.15, 0.2) is 24.3 Å². The van der Waals surface area contributed by atoms with Crippen LogP contribution < -0.4 is 5.32 Å². The van der Waals surface area contributed by atoms with Gasteiger partial charge in [-0.25, -0.2) is 12.8 Å². The molecular formula is C15H24FNO2S. The summed E-state index contributed by atoms with van der Waals surface area (Å²) in [5.41, 5.74) is 1.09. The van der Waals surface area contributed by atoms with Gasteiger partial charge in [-0.1, -0.05) is 19.1 Å². The molecule has 0 aliphatic heterocycles. The summed E-state index contributed by atoms with van der Waals surface area (Å²) in [4.78, 5) is 0. The molecule has 0 aliphatic carbocycles. The number of halogens is 1. The topological polar surface area (TPSA) is 46.2 Å². The van der Waals surface area contributed by atoms with Crippen LogP contribution in [0.4, 0.5) is 4.39 Å². The molecule has 1 aromatic rings. The third-order valence-electron chi connectivity index (χ3n) is 3.25. The zero-order chi connectivity index (χ0) is 15.0. The van der Waals surface area contributed by atoms with Gasteiger partial charge in [0, 0.05) is 12.0 Å². The van der Waals surface area contributed by atoms with Crippen molar-refractivity contribution in [3.8, 4) is 0 Å². The van der Waals surface area contributed by atoms with Crippen molar-refractivity contribution in [1.29, 1.82) is 0 Å². The standard InChI is InChI=1S/C15H24FNO2S/c1-3-17-12-14(5-4-10-20(2,18)19)11-13-6-8-15(16)9-7-13/h6-9,14,17H,3-5,10-12H2,1-2H3. The van der Waals surface area contributed by atoms with Crippen molar-refractivity contribution < 1.29 is 12.8 Å². The van der Waals surface area contributed by atoms with Crippen LogP contribution in [0.5, 0.6) is 0 Å². The number of sulfone groups is 1. The summed E-state index contributed by atoms with van der Waals surface area (Å²) in [6.07, 6.45) is 3.65. The van der Waals surface area contributed by atoms with E-state index in [9.17, 15) is 12.8 Å². The van der Waals surface area contributed by atoms with Gasteiger partial charge in [-0.15, -0.1) is 0 Å². The molecule has 20 heavy (non-hydrogen) atoms. The minimum Gasteiger partial charge on any atom is -0.317 e. The minimum absolute atomic E-state index is 0.228. The van der Waals surface area contributed by atoms with Crippen molar-refractivity contribution in [2.24, 2.45) is 5.92 Å². The van der Waals surface area contributed by atoms with Crippen molar-refractivity contribution in [3.63, 3.8) is 0 Å². The maximum atomic E-state index is 12.9. The number of nitrogens with one attached hydrogen (secondary N) is 1. The Labute approximate surface area is 121 Å². The third-order valence-corrected chi connectivity index (χ3v) is 4.28. The minimum atomic E-state index is -2.89. The summed E-state index contributed by atoms with van der Waals surface area (Å²) in [5, 5.41) is 3.30. The van der Waals surface area contributed by atoms with E-state index in [2.05, 4.69) is 5.32 Å². The molecule has 0 aromatic heterocycles. The molecule has 5 heteroatoms. The van der Waals surface area contributed by atoms with E-state index in [0.29, 0.717) is 12.3 Å². The molecule has 0 fully saturated rings. The summed E-state index contributed by atoms with van der Waals surface area (Å²) in [7, 11) is -2.89. The molecule has 114 valence electrons.